The zero-order valence-electron chi connectivity index (χ0n) is 8.38. The molecule has 1 aromatic carbocycles. The summed E-state index contributed by atoms with van der Waals surface area (Å²) < 4.78 is 26.6. The normalized spacial score (nSPS) is 10.7. The van der Waals surface area contributed by atoms with Crippen LogP contribution in [0.25, 0.3) is 10.2 Å². The molecular formula is C10H8F2N2OS. The summed E-state index contributed by atoms with van der Waals surface area (Å²) in [6, 6.07) is 2.03. The molecule has 6 heteroatoms. The van der Waals surface area contributed by atoms with Crippen LogP contribution in [0.2, 0.25) is 0 Å². The highest BCUT2D eigenvalue weighted by atomic mass is 32.1. The maximum atomic E-state index is 13.3. The fourth-order valence-corrected chi connectivity index (χ4v) is 2.23. The summed E-state index contributed by atoms with van der Waals surface area (Å²) in [6.07, 6.45) is 0. The summed E-state index contributed by atoms with van der Waals surface area (Å²) in [7, 11) is 0. The van der Waals surface area contributed by atoms with Crippen LogP contribution in [0.3, 0.4) is 0 Å². The van der Waals surface area contributed by atoms with E-state index in [4.69, 9.17) is 0 Å². The fraction of sp³-hybridized carbons (Fsp3) is 0.200. The number of nitrogens with zero attached hydrogens (tertiary/aromatic N) is 1. The lowest BCUT2D eigenvalue weighted by molar-refractivity contribution is -0.119. The molecule has 0 unspecified atom stereocenters. The molecule has 0 saturated heterocycles. The summed E-state index contributed by atoms with van der Waals surface area (Å²) in [4.78, 5) is 14.7. The van der Waals surface area contributed by atoms with Crippen molar-refractivity contribution in [2.75, 3.05) is 0 Å². The van der Waals surface area contributed by atoms with Crippen LogP contribution in [0.15, 0.2) is 12.1 Å². The van der Waals surface area contributed by atoms with Crippen molar-refractivity contribution in [2.24, 2.45) is 0 Å². The van der Waals surface area contributed by atoms with E-state index in [0.717, 1.165) is 17.4 Å². The molecule has 0 spiro atoms. The van der Waals surface area contributed by atoms with E-state index >= 15 is 0 Å². The highest BCUT2D eigenvalue weighted by Gasteiger charge is 2.10. The second kappa shape index (κ2) is 4.13. The Morgan fingerprint density at radius 2 is 2.25 bits per heavy atom. The predicted octanol–water partition coefficient (Wildman–Crippen LogP) is 2.21. The van der Waals surface area contributed by atoms with Gasteiger partial charge in [-0.3, -0.25) is 4.79 Å². The Morgan fingerprint density at radius 3 is 2.94 bits per heavy atom. The Labute approximate surface area is 94.1 Å². The van der Waals surface area contributed by atoms with Crippen LogP contribution in [0.4, 0.5) is 8.78 Å². The molecule has 0 radical (unpaired) electrons. The van der Waals surface area contributed by atoms with E-state index in [1.165, 1.54) is 13.0 Å². The van der Waals surface area contributed by atoms with Crippen LogP contribution in [-0.4, -0.2) is 10.9 Å². The molecule has 1 amide bonds. The van der Waals surface area contributed by atoms with E-state index < -0.39 is 11.6 Å². The van der Waals surface area contributed by atoms with Gasteiger partial charge in [0, 0.05) is 13.0 Å². The zero-order valence-corrected chi connectivity index (χ0v) is 9.20. The van der Waals surface area contributed by atoms with Crippen LogP contribution in [0.1, 0.15) is 11.9 Å². The molecule has 3 nitrogen and oxygen atoms in total. The van der Waals surface area contributed by atoms with Crippen molar-refractivity contribution in [3.8, 4) is 0 Å². The Hall–Kier alpha value is -1.56. The molecule has 2 aromatic rings. The number of fused-ring (bicyclic) bond motifs is 1. The number of rotatable bonds is 2. The standard InChI is InChI=1S/C10H8F2N2OS/c1-5(15)13-4-9-14-10-7(12)2-6(11)3-8(10)16-9/h2-3H,4H2,1H3,(H,13,15). The van der Waals surface area contributed by atoms with Gasteiger partial charge in [0.1, 0.15) is 16.3 Å². The minimum absolute atomic E-state index is 0.145. The van der Waals surface area contributed by atoms with Crippen LogP contribution in [-0.2, 0) is 11.3 Å². The third kappa shape index (κ3) is 2.16. The molecule has 0 aliphatic rings. The van der Waals surface area contributed by atoms with Crippen LogP contribution < -0.4 is 5.32 Å². The average molecular weight is 242 g/mol. The van der Waals surface area contributed by atoms with E-state index in [9.17, 15) is 13.6 Å². The maximum absolute atomic E-state index is 13.3. The van der Waals surface area contributed by atoms with Gasteiger partial charge in [-0.15, -0.1) is 11.3 Å². The molecular weight excluding hydrogens is 234 g/mol. The highest BCUT2D eigenvalue weighted by Crippen LogP contribution is 2.25. The Bertz CT molecular complexity index is 553. The summed E-state index contributed by atoms with van der Waals surface area (Å²) in [5.41, 5.74) is 0.145. The van der Waals surface area contributed by atoms with E-state index in [-0.39, 0.29) is 18.0 Å². The molecule has 1 heterocycles. The third-order valence-corrected chi connectivity index (χ3v) is 2.95. The molecule has 84 valence electrons. The molecule has 0 aliphatic heterocycles. The molecule has 0 aliphatic carbocycles. The molecule has 2 rings (SSSR count). The average Bonchev–Trinajstić information content (AvgIpc) is 2.57. The van der Waals surface area contributed by atoms with Crippen molar-refractivity contribution in [3.05, 3.63) is 28.8 Å². The van der Waals surface area contributed by atoms with E-state index in [1.807, 2.05) is 0 Å². The minimum atomic E-state index is -0.680. The second-order valence-corrected chi connectivity index (χ2v) is 4.37. The largest absolute Gasteiger partial charge is 0.350 e. The van der Waals surface area contributed by atoms with Gasteiger partial charge in [0.25, 0.3) is 0 Å². The van der Waals surface area contributed by atoms with Crippen molar-refractivity contribution < 1.29 is 13.6 Å². The molecule has 16 heavy (non-hydrogen) atoms. The van der Waals surface area contributed by atoms with E-state index in [2.05, 4.69) is 10.3 Å². The van der Waals surface area contributed by atoms with Gasteiger partial charge >= 0.3 is 0 Å². The van der Waals surface area contributed by atoms with Crippen molar-refractivity contribution in [2.45, 2.75) is 13.5 Å². The number of aromatic nitrogens is 1. The number of hydrogen-bond acceptors (Lipinski definition) is 3. The van der Waals surface area contributed by atoms with Gasteiger partial charge in [0.05, 0.1) is 11.2 Å². The topological polar surface area (TPSA) is 42.0 Å². The lowest BCUT2D eigenvalue weighted by Gasteiger charge is -1.95. The van der Waals surface area contributed by atoms with Gasteiger partial charge in [-0.25, -0.2) is 13.8 Å². The number of benzene rings is 1. The third-order valence-electron chi connectivity index (χ3n) is 1.95. The number of halogens is 2. The Morgan fingerprint density at radius 1 is 1.50 bits per heavy atom. The van der Waals surface area contributed by atoms with Gasteiger partial charge in [0.15, 0.2) is 5.82 Å². The van der Waals surface area contributed by atoms with Gasteiger partial charge in [-0.2, -0.15) is 0 Å². The summed E-state index contributed by atoms with van der Waals surface area (Å²) in [6.45, 7) is 1.61. The van der Waals surface area contributed by atoms with E-state index in [0.29, 0.717) is 9.71 Å². The first-order chi connectivity index (χ1) is 7.56. The van der Waals surface area contributed by atoms with Crippen molar-refractivity contribution >= 4 is 27.5 Å². The highest BCUT2D eigenvalue weighted by molar-refractivity contribution is 7.18. The zero-order chi connectivity index (χ0) is 11.7. The SMILES string of the molecule is CC(=O)NCc1nc2c(F)cc(F)cc2s1. The first-order valence-electron chi connectivity index (χ1n) is 4.55. The van der Waals surface area contributed by atoms with Gasteiger partial charge in [-0.1, -0.05) is 0 Å². The quantitative estimate of drug-likeness (QED) is 0.877. The van der Waals surface area contributed by atoms with Crippen molar-refractivity contribution in [1.29, 1.82) is 0 Å². The van der Waals surface area contributed by atoms with Crippen molar-refractivity contribution in [1.82, 2.24) is 10.3 Å². The van der Waals surface area contributed by atoms with E-state index in [1.54, 1.807) is 0 Å². The summed E-state index contributed by atoms with van der Waals surface area (Å²) in [5, 5.41) is 3.10. The first-order valence-corrected chi connectivity index (χ1v) is 5.37. The number of hydrogen-bond donors (Lipinski definition) is 1. The lowest BCUT2D eigenvalue weighted by Crippen LogP contribution is -2.18. The fourth-order valence-electron chi connectivity index (χ4n) is 1.28. The second-order valence-electron chi connectivity index (χ2n) is 3.25. The van der Waals surface area contributed by atoms with Gasteiger partial charge < -0.3 is 5.32 Å². The molecule has 0 bridgehead atoms. The van der Waals surface area contributed by atoms with Crippen molar-refractivity contribution in [3.63, 3.8) is 0 Å². The monoisotopic (exact) mass is 242 g/mol. The lowest BCUT2D eigenvalue weighted by atomic mass is 10.3. The Balaban J connectivity index is 2.36. The van der Waals surface area contributed by atoms with Crippen LogP contribution in [0.5, 0.6) is 0 Å². The molecule has 0 fully saturated rings. The van der Waals surface area contributed by atoms with Crippen LogP contribution >= 0.6 is 11.3 Å². The number of amides is 1. The number of carbonyl (C=O) groups is 1. The summed E-state index contributed by atoms with van der Waals surface area (Å²) >= 11 is 1.16. The minimum Gasteiger partial charge on any atom is -0.350 e. The van der Waals surface area contributed by atoms with Gasteiger partial charge in [-0.05, 0) is 6.07 Å². The summed E-state index contributed by atoms with van der Waals surface area (Å²) in [5.74, 6) is -1.49. The van der Waals surface area contributed by atoms with Crippen LogP contribution in [0, 0.1) is 11.6 Å². The Kier molecular flexibility index (Phi) is 2.82. The smallest absolute Gasteiger partial charge is 0.217 e. The number of carbonyl (C=O) groups excluding carboxylic acids is 1. The molecule has 1 aromatic heterocycles. The molecule has 0 saturated carbocycles. The van der Waals surface area contributed by atoms with Gasteiger partial charge in [0.2, 0.25) is 5.91 Å². The predicted molar refractivity (Wildman–Crippen MR) is 57.1 cm³/mol. The molecule has 1 N–H and O–H groups in total. The number of thiazole rings is 1. The number of nitrogens with one attached hydrogen (secondary N) is 1. The molecule has 0 atom stereocenters. The maximum Gasteiger partial charge on any atom is 0.217 e. The first kappa shape index (κ1) is 10.9.